The van der Waals surface area contributed by atoms with E-state index in [9.17, 15) is 9.59 Å². The first kappa shape index (κ1) is 20.1. The molecule has 6 heteroatoms. The van der Waals surface area contributed by atoms with Crippen molar-refractivity contribution in [3.63, 3.8) is 0 Å². The summed E-state index contributed by atoms with van der Waals surface area (Å²) in [5, 5.41) is 2.83. The van der Waals surface area contributed by atoms with Crippen molar-refractivity contribution in [2.75, 3.05) is 26.2 Å². The molecular formula is C20H30N2O4. The van der Waals surface area contributed by atoms with Crippen LogP contribution in [0.3, 0.4) is 0 Å². The van der Waals surface area contributed by atoms with E-state index >= 15 is 0 Å². The molecule has 1 aromatic rings. The van der Waals surface area contributed by atoms with Crippen LogP contribution >= 0.6 is 0 Å². The molecule has 26 heavy (non-hydrogen) atoms. The normalized spacial score (nSPS) is 15.5. The Kier molecular flexibility index (Phi) is 6.89. The third-order valence-electron chi connectivity index (χ3n) is 4.25. The van der Waals surface area contributed by atoms with Crippen LogP contribution in [0.5, 0.6) is 5.75 Å². The fraction of sp³-hybridized carbons (Fsp3) is 0.600. The maximum Gasteiger partial charge on any atom is 0.407 e. The van der Waals surface area contributed by atoms with Gasteiger partial charge in [0.05, 0.1) is 12.2 Å². The summed E-state index contributed by atoms with van der Waals surface area (Å²) >= 11 is 0. The first-order valence-electron chi connectivity index (χ1n) is 9.28. The van der Waals surface area contributed by atoms with Gasteiger partial charge in [0, 0.05) is 19.6 Å². The number of para-hydroxylation sites is 1. The lowest BCUT2D eigenvalue weighted by Crippen LogP contribution is -2.42. The molecule has 144 valence electrons. The summed E-state index contributed by atoms with van der Waals surface area (Å²) < 4.78 is 10.8. The van der Waals surface area contributed by atoms with Gasteiger partial charge in [0.1, 0.15) is 11.4 Å². The highest BCUT2D eigenvalue weighted by molar-refractivity contribution is 5.97. The fourth-order valence-electron chi connectivity index (χ4n) is 2.98. The molecule has 0 saturated carbocycles. The standard InChI is InChI=1S/C20H30N2O4/c1-5-25-17-9-7-6-8-16(17)18(23)22-12-10-15(11-13-22)14-21-19(24)26-20(2,3)4/h6-9,15H,5,10-14H2,1-4H3,(H,21,24). The smallest absolute Gasteiger partial charge is 0.407 e. The number of ether oxygens (including phenoxy) is 2. The van der Waals surface area contributed by atoms with Gasteiger partial charge in [-0.2, -0.15) is 0 Å². The van der Waals surface area contributed by atoms with E-state index in [0.29, 0.717) is 43.5 Å². The molecule has 0 unspecified atom stereocenters. The Hall–Kier alpha value is -2.24. The zero-order valence-corrected chi connectivity index (χ0v) is 16.2. The Bertz CT molecular complexity index is 616. The summed E-state index contributed by atoms with van der Waals surface area (Å²) in [6.07, 6.45) is 1.33. The average molecular weight is 362 g/mol. The minimum Gasteiger partial charge on any atom is -0.493 e. The minimum absolute atomic E-state index is 0.00704. The number of rotatable bonds is 5. The van der Waals surface area contributed by atoms with Crippen LogP contribution in [0.1, 0.15) is 50.9 Å². The van der Waals surface area contributed by atoms with Gasteiger partial charge >= 0.3 is 6.09 Å². The molecule has 0 radical (unpaired) electrons. The minimum atomic E-state index is -0.492. The fourth-order valence-corrected chi connectivity index (χ4v) is 2.98. The Labute approximate surface area is 155 Å². The number of amides is 2. The molecule has 1 N–H and O–H groups in total. The molecule has 6 nitrogen and oxygen atoms in total. The van der Waals surface area contributed by atoms with Crippen LogP contribution < -0.4 is 10.1 Å². The van der Waals surface area contributed by atoms with Crippen LogP contribution in [-0.4, -0.2) is 48.7 Å². The van der Waals surface area contributed by atoms with Gasteiger partial charge in [-0.15, -0.1) is 0 Å². The second kappa shape index (κ2) is 8.92. The number of nitrogens with zero attached hydrogens (tertiary/aromatic N) is 1. The molecule has 1 heterocycles. The number of benzene rings is 1. The topological polar surface area (TPSA) is 67.9 Å². The molecule has 1 saturated heterocycles. The van der Waals surface area contributed by atoms with Crippen LogP contribution in [0.25, 0.3) is 0 Å². The van der Waals surface area contributed by atoms with Crippen molar-refractivity contribution in [2.45, 2.75) is 46.1 Å². The molecule has 1 aromatic carbocycles. The number of piperidine rings is 1. The summed E-state index contributed by atoms with van der Waals surface area (Å²) in [4.78, 5) is 26.4. The summed E-state index contributed by atoms with van der Waals surface area (Å²) in [5.74, 6) is 0.995. The van der Waals surface area contributed by atoms with E-state index in [-0.39, 0.29) is 12.0 Å². The molecule has 1 fully saturated rings. The summed E-state index contributed by atoms with van der Waals surface area (Å²) in [7, 11) is 0. The number of likely N-dealkylation sites (tertiary alicyclic amines) is 1. The SMILES string of the molecule is CCOc1ccccc1C(=O)N1CCC(CNC(=O)OC(C)(C)C)CC1. The predicted molar refractivity (Wildman–Crippen MR) is 100 cm³/mol. The van der Waals surface area contributed by atoms with E-state index in [2.05, 4.69) is 5.32 Å². The van der Waals surface area contributed by atoms with E-state index in [0.717, 1.165) is 12.8 Å². The zero-order chi connectivity index (χ0) is 19.2. The van der Waals surface area contributed by atoms with E-state index < -0.39 is 5.60 Å². The largest absolute Gasteiger partial charge is 0.493 e. The van der Waals surface area contributed by atoms with Crippen molar-refractivity contribution in [3.05, 3.63) is 29.8 Å². The van der Waals surface area contributed by atoms with Crippen LogP contribution in [-0.2, 0) is 4.74 Å². The van der Waals surface area contributed by atoms with Crippen molar-refractivity contribution in [2.24, 2.45) is 5.92 Å². The lowest BCUT2D eigenvalue weighted by atomic mass is 9.96. The Morgan fingerprint density at radius 3 is 2.46 bits per heavy atom. The van der Waals surface area contributed by atoms with Gasteiger partial charge in [-0.1, -0.05) is 12.1 Å². The summed E-state index contributed by atoms with van der Waals surface area (Å²) in [5.41, 5.74) is 0.119. The highest BCUT2D eigenvalue weighted by atomic mass is 16.6. The van der Waals surface area contributed by atoms with Crippen LogP contribution in [0.4, 0.5) is 4.79 Å². The third-order valence-corrected chi connectivity index (χ3v) is 4.25. The number of carbonyl (C=O) groups excluding carboxylic acids is 2. The highest BCUT2D eigenvalue weighted by Crippen LogP contribution is 2.23. The Balaban J connectivity index is 1.83. The second-order valence-electron chi connectivity index (χ2n) is 7.55. The quantitative estimate of drug-likeness (QED) is 0.871. The highest BCUT2D eigenvalue weighted by Gasteiger charge is 2.26. The number of carbonyl (C=O) groups is 2. The van der Waals surface area contributed by atoms with Crippen molar-refractivity contribution >= 4 is 12.0 Å². The molecule has 0 atom stereocenters. The van der Waals surface area contributed by atoms with Gasteiger partial charge in [0.15, 0.2) is 0 Å². The molecule has 0 bridgehead atoms. The monoisotopic (exact) mass is 362 g/mol. The van der Waals surface area contributed by atoms with Gasteiger partial charge in [-0.3, -0.25) is 4.79 Å². The first-order chi connectivity index (χ1) is 12.3. The molecule has 0 spiro atoms. The maximum absolute atomic E-state index is 12.8. The molecule has 1 aliphatic rings. The number of nitrogens with one attached hydrogen (secondary N) is 1. The number of alkyl carbamates (subject to hydrolysis) is 1. The van der Waals surface area contributed by atoms with E-state index in [1.54, 1.807) is 0 Å². The van der Waals surface area contributed by atoms with E-state index in [1.807, 2.05) is 56.9 Å². The van der Waals surface area contributed by atoms with E-state index in [4.69, 9.17) is 9.47 Å². The van der Waals surface area contributed by atoms with E-state index in [1.165, 1.54) is 0 Å². The maximum atomic E-state index is 12.8. The lowest BCUT2D eigenvalue weighted by Gasteiger charge is -2.32. The second-order valence-corrected chi connectivity index (χ2v) is 7.55. The Morgan fingerprint density at radius 1 is 1.19 bits per heavy atom. The van der Waals surface area contributed by atoms with Gasteiger partial charge in [0.2, 0.25) is 0 Å². The van der Waals surface area contributed by atoms with Gasteiger partial charge < -0.3 is 19.7 Å². The predicted octanol–water partition coefficient (Wildman–Crippen LogP) is 3.46. The van der Waals surface area contributed by atoms with Crippen LogP contribution in [0.15, 0.2) is 24.3 Å². The van der Waals surface area contributed by atoms with Crippen LogP contribution in [0.2, 0.25) is 0 Å². The van der Waals surface area contributed by atoms with Crippen molar-refractivity contribution in [1.82, 2.24) is 10.2 Å². The average Bonchev–Trinajstić information content (AvgIpc) is 2.59. The zero-order valence-electron chi connectivity index (χ0n) is 16.2. The number of hydrogen-bond donors (Lipinski definition) is 1. The molecule has 2 amide bonds. The Morgan fingerprint density at radius 2 is 1.85 bits per heavy atom. The van der Waals surface area contributed by atoms with Crippen molar-refractivity contribution in [3.8, 4) is 5.75 Å². The number of hydrogen-bond acceptors (Lipinski definition) is 4. The summed E-state index contributed by atoms with van der Waals surface area (Å²) in [6.45, 7) is 9.91. The van der Waals surface area contributed by atoms with Crippen molar-refractivity contribution < 1.29 is 19.1 Å². The van der Waals surface area contributed by atoms with Crippen LogP contribution in [0, 0.1) is 5.92 Å². The van der Waals surface area contributed by atoms with Crippen molar-refractivity contribution in [1.29, 1.82) is 0 Å². The molecule has 0 aliphatic carbocycles. The molecule has 2 rings (SSSR count). The van der Waals surface area contributed by atoms with Gasteiger partial charge in [0.25, 0.3) is 5.91 Å². The molecule has 0 aromatic heterocycles. The molecule has 1 aliphatic heterocycles. The van der Waals surface area contributed by atoms with Gasteiger partial charge in [-0.25, -0.2) is 4.79 Å². The van der Waals surface area contributed by atoms with Gasteiger partial charge in [-0.05, 0) is 58.6 Å². The third kappa shape index (κ3) is 5.93. The lowest BCUT2D eigenvalue weighted by molar-refractivity contribution is 0.0499. The first-order valence-corrected chi connectivity index (χ1v) is 9.28. The summed E-state index contributed by atoms with van der Waals surface area (Å²) in [6, 6.07) is 7.36. The molecular weight excluding hydrogens is 332 g/mol.